The number of ether oxygens (including phenoxy) is 1. The first-order valence-corrected chi connectivity index (χ1v) is 10.2. The lowest BCUT2D eigenvalue weighted by molar-refractivity contribution is 0.0563. The van der Waals surface area contributed by atoms with E-state index >= 15 is 0 Å². The Morgan fingerprint density at radius 1 is 1.14 bits per heavy atom. The minimum atomic E-state index is -0.475. The van der Waals surface area contributed by atoms with Crippen LogP contribution in [0, 0.1) is 0 Å². The van der Waals surface area contributed by atoms with Gasteiger partial charge >= 0.3 is 5.97 Å². The number of methoxy groups -OCH3 is 1. The highest BCUT2D eigenvalue weighted by molar-refractivity contribution is 7.98. The van der Waals surface area contributed by atoms with E-state index in [4.69, 9.17) is 4.42 Å². The van der Waals surface area contributed by atoms with Crippen LogP contribution < -0.4 is 0 Å². The number of hydrogen-bond donors (Lipinski definition) is 0. The van der Waals surface area contributed by atoms with Gasteiger partial charge in [-0.3, -0.25) is 9.47 Å². The molecule has 1 aliphatic heterocycles. The zero-order valence-corrected chi connectivity index (χ0v) is 16.5. The van der Waals surface area contributed by atoms with Crippen molar-refractivity contribution in [2.75, 3.05) is 20.2 Å². The monoisotopic (exact) mass is 398 g/mol. The average molecular weight is 398 g/mol. The molecule has 0 N–H and O–H groups in total. The van der Waals surface area contributed by atoms with Gasteiger partial charge in [-0.2, -0.15) is 0 Å². The number of para-hydroxylation sites is 1. The van der Waals surface area contributed by atoms with Crippen molar-refractivity contribution < 1.29 is 13.9 Å². The fourth-order valence-corrected chi connectivity index (χ4v) is 4.14. The van der Waals surface area contributed by atoms with Crippen LogP contribution in [0.4, 0.5) is 0 Å². The van der Waals surface area contributed by atoms with E-state index in [9.17, 15) is 4.79 Å². The summed E-state index contributed by atoms with van der Waals surface area (Å²) in [7, 11) is 1.34. The predicted octanol–water partition coefficient (Wildman–Crippen LogP) is 3.54. The summed E-state index contributed by atoms with van der Waals surface area (Å²) in [5.74, 6) is 1.90. The Morgan fingerprint density at radius 2 is 1.93 bits per heavy atom. The Kier molecular flexibility index (Phi) is 5.78. The van der Waals surface area contributed by atoms with Crippen molar-refractivity contribution in [3.63, 3.8) is 0 Å². The molecule has 1 aromatic carbocycles. The molecule has 4 rings (SSSR count). The number of esters is 1. The second-order valence-electron chi connectivity index (χ2n) is 6.60. The molecule has 0 radical (unpaired) electrons. The summed E-state index contributed by atoms with van der Waals surface area (Å²) >= 11 is 1.53. The lowest BCUT2D eigenvalue weighted by Gasteiger charge is -2.15. The molecule has 3 heterocycles. The maximum Gasteiger partial charge on any atom is 0.373 e. The van der Waals surface area contributed by atoms with Crippen LogP contribution in [0.5, 0.6) is 0 Å². The molecule has 2 aromatic heterocycles. The summed E-state index contributed by atoms with van der Waals surface area (Å²) < 4.78 is 12.3. The van der Waals surface area contributed by atoms with Gasteiger partial charge in [-0.25, -0.2) is 4.79 Å². The normalized spacial score (nSPS) is 14.5. The van der Waals surface area contributed by atoms with E-state index < -0.39 is 5.97 Å². The third-order valence-electron chi connectivity index (χ3n) is 4.67. The van der Waals surface area contributed by atoms with Crippen molar-refractivity contribution in [2.45, 2.75) is 30.3 Å². The molecule has 1 aliphatic rings. The van der Waals surface area contributed by atoms with Gasteiger partial charge in [0, 0.05) is 5.69 Å². The molecule has 7 nitrogen and oxygen atoms in total. The molecule has 0 bridgehead atoms. The quantitative estimate of drug-likeness (QED) is 0.445. The van der Waals surface area contributed by atoms with E-state index in [2.05, 4.69) is 36.5 Å². The van der Waals surface area contributed by atoms with Gasteiger partial charge in [0.2, 0.25) is 5.76 Å². The Balaban J connectivity index is 1.55. The number of hydrogen-bond acceptors (Lipinski definition) is 7. The highest BCUT2D eigenvalue weighted by Crippen LogP contribution is 2.27. The standard InChI is InChI=1S/C20H22N4O3S/c1-26-19(25)17-10-9-16(27-17)14-28-20-22-21-18(13-23-11-5-6-12-23)24(20)15-7-3-2-4-8-15/h2-4,7-10H,5-6,11-14H2,1H3. The Hall–Kier alpha value is -2.58. The molecule has 1 saturated heterocycles. The number of aromatic nitrogens is 3. The number of likely N-dealkylation sites (tertiary alicyclic amines) is 1. The molecule has 0 aliphatic carbocycles. The number of carbonyl (C=O) groups is 1. The summed E-state index contributed by atoms with van der Waals surface area (Å²) in [5, 5.41) is 9.69. The first kappa shape index (κ1) is 18.8. The highest BCUT2D eigenvalue weighted by atomic mass is 32.2. The molecule has 0 atom stereocenters. The van der Waals surface area contributed by atoms with Gasteiger partial charge in [-0.05, 0) is 50.2 Å². The van der Waals surface area contributed by atoms with Crippen LogP contribution >= 0.6 is 11.8 Å². The van der Waals surface area contributed by atoms with Gasteiger partial charge in [-0.1, -0.05) is 30.0 Å². The number of thioether (sulfide) groups is 1. The molecule has 0 amide bonds. The van der Waals surface area contributed by atoms with E-state index in [-0.39, 0.29) is 5.76 Å². The zero-order valence-electron chi connectivity index (χ0n) is 15.7. The van der Waals surface area contributed by atoms with E-state index in [1.165, 1.54) is 31.7 Å². The fraction of sp³-hybridized carbons (Fsp3) is 0.350. The topological polar surface area (TPSA) is 73.4 Å². The van der Waals surface area contributed by atoms with Crippen LogP contribution in [0.25, 0.3) is 5.69 Å². The maximum absolute atomic E-state index is 11.6. The minimum Gasteiger partial charge on any atom is -0.463 e. The molecule has 3 aromatic rings. The van der Waals surface area contributed by atoms with Gasteiger partial charge < -0.3 is 9.15 Å². The van der Waals surface area contributed by atoms with Gasteiger partial charge in [0.05, 0.1) is 19.4 Å². The second kappa shape index (κ2) is 8.62. The van der Waals surface area contributed by atoms with Crippen molar-refractivity contribution in [1.82, 2.24) is 19.7 Å². The molecule has 0 unspecified atom stereocenters. The third kappa shape index (κ3) is 4.13. The van der Waals surface area contributed by atoms with E-state index in [1.807, 2.05) is 18.2 Å². The lowest BCUT2D eigenvalue weighted by Crippen LogP contribution is -2.21. The minimum absolute atomic E-state index is 0.206. The zero-order chi connectivity index (χ0) is 19.3. The summed E-state index contributed by atoms with van der Waals surface area (Å²) in [6.07, 6.45) is 2.48. The number of carbonyl (C=O) groups excluding carboxylic acids is 1. The van der Waals surface area contributed by atoms with Gasteiger partial charge in [-0.15, -0.1) is 10.2 Å². The fourth-order valence-electron chi connectivity index (χ4n) is 3.27. The number of nitrogens with zero attached hydrogens (tertiary/aromatic N) is 4. The summed E-state index contributed by atoms with van der Waals surface area (Å²) in [6.45, 7) is 3.00. The molecular weight excluding hydrogens is 376 g/mol. The molecule has 0 spiro atoms. The van der Waals surface area contributed by atoms with E-state index in [0.29, 0.717) is 11.5 Å². The van der Waals surface area contributed by atoms with Crippen LogP contribution in [-0.2, 0) is 17.0 Å². The molecular formula is C20H22N4O3S. The van der Waals surface area contributed by atoms with Crippen molar-refractivity contribution in [3.05, 3.63) is 59.8 Å². The van der Waals surface area contributed by atoms with Gasteiger partial charge in [0.1, 0.15) is 5.76 Å². The van der Waals surface area contributed by atoms with Gasteiger partial charge in [0.15, 0.2) is 11.0 Å². The van der Waals surface area contributed by atoms with Crippen LogP contribution in [0.3, 0.4) is 0 Å². The van der Waals surface area contributed by atoms with Crippen molar-refractivity contribution >= 4 is 17.7 Å². The third-order valence-corrected chi connectivity index (χ3v) is 5.62. The van der Waals surface area contributed by atoms with Crippen molar-refractivity contribution in [2.24, 2.45) is 0 Å². The van der Waals surface area contributed by atoms with E-state index in [1.54, 1.807) is 12.1 Å². The number of rotatable bonds is 7. The predicted molar refractivity (Wildman–Crippen MR) is 105 cm³/mol. The second-order valence-corrected chi connectivity index (χ2v) is 7.54. The smallest absolute Gasteiger partial charge is 0.373 e. The molecule has 146 valence electrons. The van der Waals surface area contributed by atoms with Crippen molar-refractivity contribution in [3.8, 4) is 5.69 Å². The number of furan rings is 1. The average Bonchev–Trinajstić information content (AvgIpc) is 3.48. The molecule has 8 heteroatoms. The van der Waals surface area contributed by atoms with E-state index in [0.717, 1.165) is 36.3 Å². The van der Waals surface area contributed by atoms with Crippen molar-refractivity contribution in [1.29, 1.82) is 0 Å². The molecule has 0 saturated carbocycles. The van der Waals surface area contributed by atoms with Crippen LogP contribution in [0.2, 0.25) is 0 Å². The lowest BCUT2D eigenvalue weighted by atomic mass is 10.3. The summed E-state index contributed by atoms with van der Waals surface area (Å²) in [5.41, 5.74) is 1.04. The molecule has 1 fully saturated rings. The van der Waals surface area contributed by atoms with Crippen LogP contribution in [0.1, 0.15) is 35.0 Å². The largest absolute Gasteiger partial charge is 0.463 e. The van der Waals surface area contributed by atoms with Crippen LogP contribution in [-0.4, -0.2) is 45.8 Å². The Labute approximate surface area is 167 Å². The first-order valence-electron chi connectivity index (χ1n) is 9.26. The first-order chi connectivity index (χ1) is 13.7. The van der Waals surface area contributed by atoms with Gasteiger partial charge in [0.25, 0.3) is 0 Å². The number of benzene rings is 1. The highest BCUT2D eigenvalue weighted by Gasteiger charge is 2.20. The Bertz CT molecular complexity index is 932. The maximum atomic E-state index is 11.6. The Morgan fingerprint density at radius 3 is 2.68 bits per heavy atom. The van der Waals surface area contributed by atoms with Crippen LogP contribution in [0.15, 0.2) is 52.0 Å². The molecule has 28 heavy (non-hydrogen) atoms. The SMILES string of the molecule is COC(=O)c1ccc(CSc2nnc(CN3CCCC3)n2-c2ccccc2)o1. The summed E-state index contributed by atoms with van der Waals surface area (Å²) in [4.78, 5) is 14.0. The summed E-state index contributed by atoms with van der Waals surface area (Å²) in [6, 6.07) is 13.6.